The molecule has 1 aliphatic rings. The van der Waals surface area contributed by atoms with Gasteiger partial charge in [-0.2, -0.15) is 0 Å². The van der Waals surface area contributed by atoms with E-state index in [4.69, 9.17) is 0 Å². The van der Waals surface area contributed by atoms with Gasteiger partial charge in [0.1, 0.15) is 11.9 Å². The Kier molecular flexibility index (Phi) is 4.69. The molecule has 0 aliphatic carbocycles. The number of hydrogen-bond acceptors (Lipinski definition) is 3. The number of nitrogens with one attached hydrogen (secondary N) is 1. The molecule has 1 fully saturated rings. The molecule has 3 rings (SSSR count). The highest BCUT2D eigenvalue weighted by Gasteiger charge is 2.32. The van der Waals surface area contributed by atoms with Gasteiger partial charge in [-0.1, -0.05) is 12.2 Å². The van der Waals surface area contributed by atoms with E-state index in [2.05, 4.69) is 16.5 Å². The van der Waals surface area contributed by atoms with Gasteiger partial charge in [0.05, 0.1) is 0 Å². The van der Waals surface area contributed by atoms with Gasteiger partial charge < -0.3 is 10.1 Å². The number of aromatic amines is 1. The van der Waals surface area contributed by atoms with Crippen molar-refractivity contribution in [2.45, 2.75) is 13.0 Å². The summed E-state index contributed by atoms with van der Waals surface area (Å²) in [5.74, 6) is -1.22. The average molecular weight is 331 g/mol. The fraction of sp³-hybridized carbons (Fsp3) is 0.389. The van der Waals surface area contributed by atoms with Gasteiger partial charge in [0.2, 0.25) is 0 Å². The predicted octanol–water partition coefficient (Wildman–Crippen LogP) is 2.63. The first kappa shape index (κ1) is 16.7. The molecule has 0 bridgehead atoms. The molecule has 1 aliphatic heterocycles. The van der Waals surface area contributed by atoms with Gasteiger partial charge in [0.15, 0.2) is 0 Å². The molecule has 24 heavy (non-hydrogen) atoms. The molecule has 0 unspecified atom stereocenters. The molecule has 2 aromatic rings. The average Bonchev–Trinajstić information content (AvgIpc) is 2.91. The summed E-state index contributed by atoms with van der Waals surface area (Å²) in [4.78, 5) is 19.2. The van der Waals surface area contributed by atoms with Crippen LogP contribution in [-0.4, -0.2) is 58.6 Å². The number of benzene rings is 1. The molecule has 6 heteroatoms. The topological polar surface area (TPSA) is 59.6 Å². The van der Waals surface area contributed by atoms with E-state index < -0.39 is 12.0 Å². The predicted molar refractivity (Wildman–Crippen MR) is 91.5 cm³/mol. The van der Waals surface area contributed by atoms with Crippen LogP contribution >= 0.6 is 0 Å². The van der Waals surface area contributed by atoms with Crippen LogP contribution in [0.2, 0.25) is 0 Å². The Morgan fingerprint density at radius 3 is 2.71 bits per heavy atom. The minimum absolute atomic E-state index is 0.337. The van der Waals surface area contributed by atoms with Crippen LogP contribution < -0.4 is 0 Å². The van der Waals surface area contributed by atoms with Gasteiger partial charge in [-0.3, -0.25) is 14.6 Å². The monoisotopic (exact) mass is 331 g/mol. The second-order valence-electron chi connectivity index (χ2n) is 6.44. The van der Waals surface area contributed by atoms with Crippen molar-refractivity contribution < 1.29 is 14.3 Å². The lowest BCUT2D eigenvalue weighted by Gasteiger charge is -2.37. The zero-order valence-electron chi connectivity index (χ0n) is 13.8. The number of aromatic nitrogens is 1. The summed E-state index contributed by atoms with van der Waals surface area (Å²) >= 11 is 0. The van der Waals surface area contributed by atoms with Gasteiger partial charge in [-0.05, 0) is 25.1 Å². The lowest BCUT2D eigenvalue weighted by molar-refractivity contribution is -0.144. The Balaban J connectivity index is 1.83. The molecule has 2 heterocycles. The van der Waals surface area contributed by atoms with E-state index in [1.54, 1.807) is 12.3 Å². The Labute approximate surface area is 140 Å². The van der Waals surface area contributed by atoms with Crippen LogP contribution in [0, 0.1) is 5.82 Å². The maximum atomic E-state index is 13.3. The lowest BCUT2D eigenvalue weighted by atomic mass is 10.0. The third-order valence-corrected chi connectivity index (χ3v) is 4.47. The van der Waals surface area contributed by atoms with Crippen LogP contribution in [0.5, 0.6) is 0 Å². The Bertz CT molecular complexity index is 763. The number of carboxylic acid groups (broad SMARTS) is 1. The van der Waals surface area contributed by atoms with E-state index in [-0.39, 0.29) is 5.82 Å². The number of rotatable bonds is 5. The minimum Gasteiger partial charge on any atom is -0.480 e. The van der Waals surface area contributed by atoms with Gasteiger partial charge in [-0.25, -0.2) is 4.39 Å². The van der Waals surface area contributed by atoms with Crippen LogP contribution in [0.3, 0.4) is 0 Å². The number of aliphatic carboxylic acids is 1. The highest BCUT2D eigenvalue weighted by Crippen LogP contribution is 2.30. The number of fused-ring (bicyclic) bond motifs is 1. The summed E-state index contributed by atoms with van der Waals surface area (Å²) in [5, 5.41) is 10.5. The quantitative estimate of drug-likeness (QED) is 0.827. The number of carboxylic acids is 1. The third kappa shape index (κ3) is 3.34. The van der Waals surface area contributed by atoms with E-state index in [1.165, 1.54) is 12.1 Å². The molecule has 0 saturated carbocycles. The first-order valence-corrected chi connectivity index (χ1v) is 8.06. The first-order chi connectivity index (χ1) is 11.5. The molecular weight excluding hydrogens is 309 g/mol. The summed E-state index contributed by atoms with van der Waals surface area (Å²) in [5.41, 5.74) is 2.42. The van der Waals surface area contributed by atoms with Crippen molar-refractivity contribution in [2.24, 2.45) is 0 Å². The highest BCUT2D eigenvalue weighted by atomic mass is 19.1. The van der Waals surface area contributed by atoms with Crippen molar-refractivity contribution in [1.82, 2.24) is 14.8 Å². The van der Waals surface area contributed by atoms with Crippen LogP contribution in [0.4, 0.5) is 4.39 Å². The van der Waals surface area contributed by atoms with Gasteiger partial charge in [0.25, 0.3) is 0 Å². The molecule has 5 nitrogen and oxygen atoms in total. The van der Waals surface area contributed by atoms with Crippen molar-refractivity contribution in [2.75, 3.05) is 32.7 Å². The molecule has 1 atom stereocenters. The van der Waals surface area contributed by atoms with Crippen molar-refractivity contribution in [3.05, 3.63) is 47.9 Å². The maximum absolute atomic E-state index is 13.3. The molecule has 0 radical (unpaired) electrons. The standard InChI is InChI=1S/C18H22FN3O2/c1-12(2)11-21-5-7-22(8-6-21)17(18(23)24)15-10-20-16-9-13(19)3-4-14(15)16/h3-4,9-10,17,20H,1,5-8,11H2,2H3,(H,23,24)/t17-/m1/s1. The van der Waals surface area contributed by atoms with Crippen LogP contribution in [0.15, 0.2) is 36.5 Å². The van der Waals surface area contributed by atoms with E-state index in [0.29, 0.717) is 24.2 Å². The molecule has 2 N–H and O–H groups in total. The van der Waals surface area contributed by atoms with Crippen molar-refractivity contribution >= 4 is 16.9 Å². The molecule has 1 saturated heterocycles. The molecule has 0 amide bonds. The van der Waals surface area contributed by atoms with E-state index in [1.807, 2.05) is 11.8 Å². The molecule has 1 aromatic carbocycles. The molecule has 1 aromatic heterocycles. The smallest absolute Gasteiger partial charge is 0.325 e. The Morgan fingerprint density at radius 2 is 2.08 bits per heavy atom. The number of nitrogens with zero attached hydrogens (tertiary/aromatic N) is 2. The van der Waals surface area contributed by atoms with Crippen molar-refractivity contribution in [3.63, 3.8) is 0 Å². The van der Waals surface area contributed by atoms with Gasteiger partial charge >= 0.3 is 5.97 Å². The number of hydrogen-bond donors (Lipinski definition) is 2. The summed E-state index contributed by atoms with van der Waals surface area (Å²) in [6, 6.07) is 3.67. The van der Waals surface area contributed by atoms with Gasteiger partial charge in [0, 0.05) is 55.4 Å². The second kappa shape index (κ2) is 6.75. The zero-order chi connectivity index (χ0) is 17.3. The van der Waals surface area contributed by atoms with Crippen LogP contribution in [0.1, 0.15) is 18.5 Å². The maximum Gasteiger partial charge on any atom is 0.325 e. The Morgan fingerprint density at radius 1 is 1.38 bits per heavy atom. The highest BCUT2D eigenvalue weighted by molar-refractivity contribution is 5.89. The van der Waals surface area contributed by atoms with Crippen molar-refractivity contribution in [1.29, 1.82) is 0 Å². The summed E-state index contributed by atoms with van der Waals surface area (Å²) in [6.07, 6.45) is 1.68. The molecule has 128 valence electrons. The third-order valence-electron chi connectivity index (χ3n) is 4.47. The normalized spacial score (nSPS) is 17.9. The Hall–Kier alpha value is -2.18. The number of piperazine rings is 1. The zero-order valence-corrected chi connectivity index (χ0v) is 13.8. The van der Waals surface area contributed by atoms with Gasteiger partial charge in [-0.15, -0.1) is 0 Å². The minimum atomic E-state index is -0.881. The summed E-state index contributed by atoms with van der Waals surface area (Å²) < 4.78 is 13.3. The molecule has 0 spiro atoms. The number of halogens is 1. The fourth-order valence-electron chi connectivity index (χ4n) is 3.39. The number of carbonyl (C=O) groups is 1. The van der Waals surface area contributed by atoms with E-state index >= 15 is 0 Å². The number of H-pyrrole nitrogens is 1. The van der Waals surface area contributed by atoms with Crippen LogP contribution in [0.25, 0.3) is 10.9 Å². The van der Waals surface area contributed by atoms with Crippen molar-refractivity contribution in [3.8, 4) is 0 Å². The SMILES string of the molecule is C=C(C)CN1CCN([C@@H](C(=O)O)c2c[nH]c3cc(F)ccc23)CC1. The first-order valence-electron chi connectivity index (χ1n) is 8.06. The van der Waals surface area contributed by atoms with E-state index in [0.717, 1.165) is 30.6 Å². The largest absolute Gasteiger partial charge is 0.480 e. The molecular formula is C18H22FN3O2. The van der Waals surface area contributed by atoms with Crippen LogP contribution in [-0.2, 0) is 4.79 Å². The second-order valence-corrected chi connectivity index (χ2v) is 6.44. The fourth-order valence-corrected chi connectivity index (χ4v) is 3.39. The van der Waals surface area contributed by atoms with E-state index in [9.17, 15) is 14.3 Å². The lowest BCUT2D eigenvalue weighted by Crippen LogP contribution is -2.49. The summed E-state index contributed by atoms with van der Waals surface area (Å²) in [6.45, 7) is 9.76. The summed E-state index contributed by atoms with van der Waals surface area (Å²) in [7, 11) is 0.